The van der Waals surface area contributed by atoms with Gasteiger partial charge in [0.2, 0.25) is 5.78 Å². The lowest BCUT2D eigenvalue weighted by Gasteiger charge is -2.42. The highest BCUT2D eigenvalue weighted by Gasteiger charge is 2.49. The second-order valence-corrected chi connectivity index (χ2v) is 10.1. The molecule has 1 saturated heterocycles. The molecule has 2 aromatic rings. The van der Waals surface area contributed by atoms with E-state index in [1.54, 1.807) is 6.92 Å². The fourth-order valence-electron chi connectivity index (χ4n) is 5.66. The van der Waals surface area contributed by atoms with E-state index in [0.29, 0.717) is 0 Å². The predicted molar refractivity (Wildman–Crippen MR) is 130 cm³/mol. The number of ketones is 3. The molecular formula is C27H29NO10. The van der Waals surface area contributed by atoms with Crippen LogP contribution in [0.15, 0.2) is 18.2 Å². The summed E-state index contributed by atoms with van der Waals surface area (Å²) in [6.07, 6.45) is -4.53. The van der Waals surface area contributed by atoms with Crippen LogP contribution in [0.5, 0.6) is 17.2 Å². The first-order valence-corrected chi connectivity index (χ1v) is 12.2. The van der Waals surface area contributed by atoms with Crippen LogP contribution in [-0.4, -0.2) is 75.0 Å². The van der Waals surface area contributed by atoms with Crippen LogP contribution in [0, 0.1) is 0 Å². The van der Waals surface area contributed by atoms with Gasteiger partial charge in [0.05, 0.1) is 42.1 Å². The van der Waals surface area contributed by atoms with Crippen molar-refractivity contribution in [1.29, 1.82) is 0 Å². The lowest BCUT2D eigenvalue weighted by Crippen LogP contribution is -2.52. The van der Waals surface area contributed by atoms with Crippen LogP contribution in [0.25, 0.3) is 0 Å². The summed E-state index contributed by atoms with van der Waals surface area (Å²) in [5.41, 5.74) is 2.97. The van der Waals surface area contributed by atoms with Crippen LogP contribution < -0.4 is 10.5 Å². The Labute approximate surface area is 217 Å². The third kappa shape index (κ3) is 3.81. The number of aromatic hydroxyl groups is 2. The van der Waals surface area contributed by atoms with Gasteiger partial charge < -0.3 is 40.4 Å². The van der Waals surface area contributed by atoms with Gasteiger partial charge in [-0.05, 0) is 19.9 Å². The smallest absolute Gasteiger partial charge is 0.202 e. The first-order valence-electron chi connectivity index (χ1n) is 12.2. The molecule has 0 radical (unpaired) electrons. The quantitative estimate of drug-likeness (QED) is 0.305. The zero-order valence-corrected chi connectivity index (χ0v) is 21.1. The van der Waals surface area contributed by atoms with Crippen molar-refractivity contribution in [2.75, 3.05) is 7.11 Å². The molecule has 0 saturated carbocycles. The van der Waals surface area contributed by atoms with Gasteiger partial charge in [0.15, 0.2) is 17.9 Å². The van der Waals surface area contributed by atoms with Crippen molar-refractivity contribution in [2.24, 2.45) is 5.73 Å². The number of ether oxygens (including phenoxy) is 3. The van der Waals surface area contributed by atoms with Gasteiger partial charge in [0.1, 0.15) is 22.8 Å². The van der Waals surface area contributed by atoms with Gasteiger partial charge in [-0.3, -0.25) is 14.4 Å². The molecule has 11 nitrogen and oxygen atoms in total. The zero-order chi connectivity index (χ0) is 27.7. The standard InChI is InChI=1S/C27H29NO10/c1-10-22(30)14(28)7-17(37-10)38-16-9-27(35,11(2)29)8-13-19(16)26(34)21-20(24(13)32)23(31)12-5-4-6-15(36-3)18(12)25(21)33/h4-6,10,14,16-17,22,30,32,34-35H,7-9,28H2,1-3H3/t10-,14-,16-,17-,22-,27-/m0/s1. The zero-order valence-electron chi connectivity index (χ0n) is 21.1. The Bertz CT molecular complexity index is 1360. The second kappa shape index (κ2) is 9.14. The third-order valence-electron chi connectivity index (χ3n) is 7.80. The number of aliphatic hydroxyl groups excluding tert-OH is 1. The van der Waals surface area contributed by atoms with Crippen molar-refractivity contribution in [3.05, 3.63) is 51.6 Å². The van der Waals surface area contributed by atoms with E-state index in [4.69, 9.17) is 19.9 Å². The normalized spacial score (nSPS) is 30.3. The molecule has 0 spiro atoms. The van der Waals surface area contributed by atoms with E-state index in [1.807, 2.05) is 0 Å². The molecule has 38 heavy (non-hydrogen) atoms. The highest BCUT2D eigenvalue weighted by atomic mass is 16.7. The summed E-state index contributed by atoms with van der Waals surface area (Å²) in [6, 6.07) is 3.75. The number of phenolic OH excluding ortho intramolecular Hbond substituents is 2. The predicted octanol–water partition coefficient (Wildman–Crippen LogP) is 1.03. The van der Waals surface area contributed by atoms with Gasteiger partial charge in [-0.1, -0.05) is 12.1 Å². The van der Waals surface area contributed by atoms with Gasteiger partial charge in [0, 0.05) is 42.0 Å². The number of methoxy groups -OCH3 is 1. The number of phenols is 2. The molecule has 1 heterocycles. The van der Waals surface area contributed by atoms with Gasteiger partial charge in [0.25, 0.3) is 0 Å². The van der Waals surface area contributed by atoms with Crippen LogP contribution >= 0.6 is 0 Å². The van der Waals surface area contributed by atoms with Crippen LogP contribution in [0.4, 0.5) is 0 Å². The molecule has 2 aliphatic carbocycles. The first kappa shape index (κ1) is 26.3. The molecule has 202 valence electrons. The van der Waals surface area contributed by atoms with E-state index in [1.165, 1.54) is 32.2 Å². The number of hydrogen-bond donors (Lipinski definition) is 5. The molecule has 2 aromatic carbocycles. The van der Waals surface area contributed by atoms with E-state index >= 15 is 0 Å². The number of Topliss-reactive ketones (excluding diaryl/α,β-unsaturated/α-hetero) is 1. The van der Waals surface area contributed by atoms with E-state index in [0.717, 1.165) is 0 Å². The number of aliphatic hydroxyl groups is 2. The number of benzene rings is 2. The molecule has 0 aromatic heterocycles. The second-order valence-electron chi connectivity index (χ2n) is 10.1. The maximum Gasteiger partial charge on any atom is 0.202 e. The summed E-state index contributed by atoms with van der Waals surface area (Å²) < 4.78 is 17.1. The van der Waals surface area contributed by atoms with Gasteiger partial charge in [-0.15, -0.1) is 0 Å². The summed E-state index contributed by atoms with van der Waals surface area (Å²) in [4.78, 5) is 39.6. The topological polar surface area (TPSA) is 186 Å². The Morgan fingerprint density at radius 3 is 2.45 bits per heavy atom. The minimum Gasteiger partial charge on any atom is -0.507 e. The molecule has 11 heteroatoms. The molecule has 3 aliphatic rings. The first-order chi connectivity index (χ1) is 17.9. The summed E-state index contributed by atoms with van der Waals surface area (Å²) in [5, 5.41) is 44.1. The van der Waals surface area contributed by atoms with Crippen molar-refractivity contribution in [1.82, 2.24) is 0 Å². The molecule has 1 fully saturated rings. The number of hydrogen-bond acceptors (Lipinski definition) is 11. The largest absolute Gasteiger partial charge is 0.507 e. The van der Waals surface area contributed by atoms with Crippen LogP contribution in [0.3, 0.4) is 0 Å². The van der Waals surface area contributed by atoms with Crippen LogP contribution in [0.1, 0.15) is 75.8 Å². The maximum absolute atomic E-state index is 13.6. The van der Waals surface area contributed by atoms with Crippen molar-refractivity contribution in [3.8, 4) is 17.2 Å². The van der Waals surface area contributed by atoms with Crippen LogP contribution in [-0.2, 0) is 20.7 Å². The number of carbonyl (C=O) groups excluding carboxylic acids is 3. The van der Waals surface area contributed by atoms with Crippen molar-refractivity contribution >= 4 is 17.3 Å². The Kier molecular flexibility index (Phi) is 6.32. The fraction of sp³-hybridized carbons (Fsp3) is 0.444. The molecule has 0 bridgehead atoms. The van der Waals surface area contributed by atoms with E-state index in [-0.39, 0.29) is 40.8 Å². The van der Waals surface area contributed by atoms with Crippen molar-refractivity contribution in [2.45, 2.75) is 69.4 Å². The Morgan fingerprint density at radius 1 is 1.13 bits per heavy atom. The summed E-state index contributed by atoms with van der Waals surface area (Å²) >= 11 is 0. The number of nitrogens with two attached hydrogens (primary N) is 1. The van der Waals surface area contributed by atoms with E-state index in [2.05, 4.69) is 0 Å². The van der Waals surface area contributed by atoms with Crippen LogP contribution in [0.2, 0.25) is 0 Å². The SMILES string of the molecule is COc1cccc2c1C(=O)c1c(O)c3c(c(O)c1C2=O)C[C@@](O)(C(C)=O)C[C@@H]3O[C@H]1C[C@H](N)[C@@H](O)[C@H](C)O1. The molecule has 1 aliphatic heterocycles. The molecule has 5 rings (SSSR count). The van der Waals surface area contributed by atoms with E-state index < -0.39 is 82.6 Å². The highest BCUT2D eigenvalue weighted by Crippen LogP contribution is 2.52. The minimum atomic E-state index is -2.00. The fourth-order valence-corrected chi connectivity index (χ4v) is 5.66. The van der Waals surface area contributed by atoms with E-state index in [9.17, 15) is 34.8 Å². The molecule has 6 N–H and O–H groups in total. The van der Waals surface area contributed by atoms with Gasteiger partial charge in [-0.25, -0.2) is 0 Å². The third-order valence-corrected chi connectivity index (χ3v) is 7.80. The number of carbonyl (C=O) groups is 3. The van der Waals surface area contributed by atoms with Crippen molar-refractivity contribution in [3.63, 3.8) is 0 Å². The Morgan fingerprint density at radius 2 is 1.82 bits per heavy atom. The number of rotatable bonds is 4. The molecule has 0 amide bonds. The molecule has 6 atom stereocenters. The van der Waals surface area contributed by atoms with Gasteiger partial charge >= 0.3 is 0 Å². The summed E-state index contributed by atoms with van der Waals surface area (Å²) in [6.45, 7) is 2.79. The lowest BCUT2D eigenvalue weighted by atomic mass is 9.72. The Hall–Kier alpha value is -3.35. The number of fused-ring (bicyclic) bond motifs is 3. The highest BCUT2D eigenvalue weighted by molar-refractivity contribution is 6.31. The lowest BCUT2D eigenvalue weighted by molar-refractivity contribution is -0.247. The molecule has 0 unspecified atom stereocenters. The summed E-state index contributed by atoms with van der Waals surface area (Å²) in [7, 11) is 1.34. The minimum absolute atomic E-state index is 0.0147. The van der Waals surface area contributed by atoms with Crippen molar-refractivity contribution < 1.29 is 49.0 Å². The molecular weight excluding hydrogens is 498 g/mol. The summed E-state index contributed by atoms with van der Waals surface area (Å²) in [5.74, 6) is -3.18. The monoisotopic (exact) mass is 527 g/mol. The maximum atomic E-state index is 13.6. The average Bonchev–Trinajstić information content (AvgIpc) is 2.87. The average molecular weight is 528 g/mol. The van der Waals surface area contributed by atoms with Gasteiger partial charge in [-0.2, -0.15) is 0 Å². The Balaban J connectivity index is 1.68.